The molecule has 152 valence electrons. The van der Waals surface area contributed by atoms with Gasteiger partial charge in [-0.3, -0.25) is 4.79 Å². The molecule has 7 heteroatoms. The minimum absolute atomic E-state index is 0.386. The lowest BCUT2D eigenvalue weighted by atomic mass is 10.1. The van der Waals surface area contributed by atoms with Crippen LogP contribution < -0.4 is 5.73 Å². The van der Waals surface area contributed by atoms with Crippen LogP contribution in [0.3, 0.4) is 0 Å². The molecule has 0 aliphatic heterocycles. The molecule has 0 aliphatic rings. The van der Waals surface area contributed by atoms with Gasteiger partial charge in [0.05, 0.1) is 5.52 Å². The SMILES string of the molecule is C=CC(c1ccc(CN)cc1)S(=O)(=O)n1ccc2c(C(C)OC(C)=O)cccc21. The number of carbonyl (C=O) groups excluding carboxylic acids is 1. The summed E-state index contributed by atoms with van der Waals surface area (Å²) in [6.07, 6.45) is 2.45. The molecule has 1 aromatic heterocycles. The molecule has 3 aromatic rings. The number of fused-ring (bicyclic) bond motifs is 1. The molecule has 29 heavy (non-hydrogen) atoms. The number of aromatic nitrogens is 1. The third kappa shape index (κ3) is 3.97. The smallest absolute Gasteiger partial charge is 0.303 e. The fraction of sp³-hybridized carbons (Fsp3) is 0.227. The van der Waals surface area contributed by atoms with Crippen molar-refractivity contribution in [2.24, 2.45) is 5.73 Å². The number of rotatable bonds is 7. The first-order valence-corrected chi connectivity index (χ1v) is 10.7. The van der Waals surface area contributed by atoms with E-state index in [-0.39, 0.29) is 0 Å². The molecular formula is C22H24N2O4S. The van der Waals surface area contributed by atoms with E-state index in [1.165, 1.54) is 23.2 Å². The van der Waals surface area contributed by atoms with E-state index in [4.69, 9.17) is 10.5 Å². The Bertz CT molecular complexity index is 1150. The summed E-state index contributed by atoms with van der Waals surface area (Å²) in [7, 11) is -3.81. The number of nitrogens with two attached hydrogens (primary N) is 1. The van der Waals surface area contributed by atoms with Gasteiger partial charge in [-0.05, 0) is 30.2 Å². The molecule has 0 aliphatic carbocycles. The van der Waals surface area contributed by atoms with Gasteiger partial charge >= 0.3 is 5.97 Å². The first-order valence-electron chi connectivity index (χ1n) is 9.22. The highest BCUT2D eigenvalue weighted by Crippen LogP contribution is 2.32. The Labute approximate surface area is 170 Å². The average molecular weight is 413 g/mol. The number of hydrogen-bond donors (Lipinski definition) is 1. The van der Waals surface area contributed by atoms with Crippen molar-refractivity contribution in [3.05, 3.63) is 84.1 Å². The van der Waals surface area contributed by atoms with Crippen molar-refractivity contribution in [2.45, 2.75) is 31.7 Å². The molecule has 0 saturated carbocycles. The minimum atomic E-state index is -3.81. The normalized spacial score (nSPS) is 13.8. The molecule has 2 atom stereocenters. The summed E-state index contributed by atoms with van der Waals surface area (Å²) in [4.78, 5) is 11.3. The Morgan fingerprint density at radius 1 is 1.21 bits per heavy atom. The lowest BCUT2D eigenvalue weighted by Gasteiger charge is -2.17. The number of esters is 1. The Hall–Kier alpha value is -2.90. The van der Waals surface area contributed by atoms with Gasteiger partial charge in [0.1, 0.15) is 11.4 Å². The fourth-order valence-electron chi connectivity index (χ4n) is 3.45. The molecule has 2 N–H and O–H groups in total. The number of hydrogen-bond acceptors (Lipinski definition) is 5. The van der Waals surface area contributed by atoms with Gasteiger partial charge in [-0.1, -0.05) is 42.5 Å². The van der Waals surface area contributed by atoms with Crippen LogP contribution in [0.1, 0.15) is 41.9 Å². The predicted molar refractivity (Wildman–Crippen MR) is 114 cm³/mol. The topological polar surface area (TPSA) is 91.4 Å². The summed E-state index contributed by atoms with van der Waals surface area (Å²) in [6.45, 7) is 7.23. The van der Waals surface area contributed by atoms with Crippen molar-refractivity contribution in [1.82, 2.24) is 3.97 Å². The van der Waals surface area contributed by atoms with E-state index in [1.54, 1.807) is 37.3 Å². The maximum absolute atomic E-state index is 13.4. The van der Waals surface area contributed by atoms with Crippen molar-refractivity contribution in [1.29, 1.82) is 0 Å². The number of carbonyl (C=O) groups is 1. The molecule has 0 saturated heterocycles. The maximum Gasteiger partial charge on any atom is 0.303 e. The second-order valence-electron chi connectivity index (χ2n) is 6.79. The van der Waals surface area contributed by atoms with Crippen LogP contribution >= 0.6 is 0 Å². The van der Waals surface area contributed by atoms with Crippen LogP contribution in [0.4, 0.5) is 0 Å². The van der Waals surface area contributed by atoms with Gasteiger partial charge < -0.3 is 10.5 Å². The lowest BCUT2D eigenvalue weighted by molar-refractivity contribution is -0.145. The van der Waals surface area contributed by atoms with Crippen molar-refractivity contribution in [3.8, 4) is 0 Å². The second kappa shape index (κ2) is 8.23. The van der Waals surface area contributed by atoms with Crippen LogP contribution in [-0.4, -0.2) is 18.4 Å². The van der Waals surface area contributed by atoms with Gasteiger partial charge in [0, 0.05) is 30.6 Å². The summed E-state index contributed by atoms with van der Waals surface area (Å²) in [6, 6.07) is 14.2. The monoisotopic (exact) mass is 412 g/mol. The number of benzene rings is 2. The zero-order chi connectivity index (χ0) is 21.2. The van der Waals surface area contributed by atoms with Gasteiger partial charge in [0.25, 0.3) is 0 Å². The van der Waals surface area contributed by atoms with Crippen LogP contribution in [0, 0.1) is 0 Å². The number of ether oxygens (including phenoxy) is 1. The van der Waals surface area contributed by atoms with Crippen molar-refractivity contribution in [3.63, 3.8) is 0 Å². The van der Waals surface area contributed by atoms with Crippen LogP contribution in [0.15, 0.2) is 67.4 Å². The fourth-order valence-corrected chi connectivity index (χ4v) is 5.10. The largest absolute Gasteiger partial charge is 0.458 e. The van der Waals surface area contributed by atoms with Gasteiger partial charge in [-0.15, -0.1) is 6.58 Å². The average Bonchev–Trinajstić information content (AvgIpc) is 3.13. The molecule has 0 fully saturated rings. The van der Waals surface area contributed by atoms with Gasteiger partial charge in [0.15, 0.2) is 0 Å². The van der Waals surface area contributed by atoms with Crippen LogP contribution in [0.5, 0.6) is 0 Å². The second-order valence-corrected chi connectivity index (χ2v) is 8.72. The van der Waals surface area contributed by atoms with Gasteiger partial charge in [0.2, 0.25) is 10.0 Å². The molecular weight excluding hydrogens is 388 g/mol. The Morgan fingerprint density at radius 2 is 1.90 bits per heavy atom. The minimum Gasteiger partial charge on any atom is -0.458 e. The third-order valence-corrected chi connectivity index (χ3v) is 6.84. The lowest BCUT2D eigenvalue weighted by Crippen LogP contribution is -2.19. The summed E-state index contributed by atoms with van der Waals surface area (Å²) < 4.78 is 33.4. The summed E-state index contributed by atoms with van der Waals surface area (Å²) in [5, 5.41) is -0.203. The first-order chi connectivity index (χ1) is 13.8. The zero-order valence-electron chi connectivity index (χ0n) is 16.4. The Morgan fingerprint density at radius 3 is 2.48 bits per heavy atom. The molecule has 0 bridgehead atoms. The van der Waals surface area contributed by atoms with E-state index in [1.807, 2.05) is 18.2 Å². The van der Waals surface area contributed by atoms with Gasteiger partial charge in [-0.2, -0.15) is 0 Å². The highest BCUT2D eigenvalue weighted by molar-refractivity contribution is 7.90. The molecule has 1 heterocycles. The standard InChI is InChI=1S/C22H24N2O4S/c1-4-22(18-10-8-17(14-23)9-11-18)29(26,27)24-13-12-20-19(6-5-7-21(20)24)15(2)28-16(3)25/h4-13,15,22H,1,14,23H2,2-3H3. The van der Waals surface area contributed by atoms with Crippen LogP contribution in [0.25, 0.3) is 10.9 Å². The van der Waals surface area contributed by atoms with E-state index in [0.717, 1.165) is 11.1 Å². The van der Waals surface area contributed by atoms with Crippen molar-refractivity contribution in [2.75, 3.05) is 0 Å². The van der Waals surface area contributed by atoms with E-state index >= 15 is 0 Å². The summed E-state index contributed by atoms with van der Waals surface area (Å²) >= 11 is 0. The molecule has 2 aromatic carbocycles. The Balaban J connectivity index is 2.08. The summed E-state index contributed by atoms with van der Waals surface area (Å²) in [5.41, 5.74) is 8.43. The maximum atomic E-state index is 13.4. The van der Waals surface area contributed by atoms with Gasteiger partial charge in [-0.25, -0.2) is 12.4 Å². The number of nitrogens with zero attached hydrogens (tertiary/aromatic N) is 1. The molecule has 2 unspecified atom stereocenters. The van der Waals surface area contributed by atoms with Crippen molar-refractivity contribution < 1.29 is 17.9 Å². The zero-order valence-corrected chi connectivity index (χ0v) is 17.2. The molecule has 3 rings (SSSR count). The van der Waals surface area contributed by atoms with E-state index in [0.29, 0.717) is 23.0 Å². The van der Waals surface area contributed by atoms with E-state index in [2.05, 4.69) is 6.58 Å². The molecule has 0 spiro atoms. The van der Waals surface area contributed by atoms with Crippen LogP contribution in [-0.2, 0) is 26.1 Å². The third-order valence-electron chi connectivity index (χ3n) is 4.86. The van der Waals surface area contributed by atoms with E-state index < -0.39 is 27.3 Å². The molecule has 6 nitrogen and oxygen atoms in total. The van der Waals surface area contributed by atoms with E-state index in [9.17, 15) is 13.2 Å². The highest BCUT2D eigenvalue weighted by Gasteiger charge is 2.28. The molecule has 0 amide bonds. The molecule has 0 radical (unpaired) electrons. The highest BCUT2D eigenvalue weighted by atomic mass is 32.2. The van der Waals surface area contributed by atoms with Crippen molar-refractivity contribution >= 4 is 26.9 Å². The first kappa shape index (κ1) is 20.8. The predicted octanol–water partition coefficient (Wildman–Crippen LogP) is 3.83. The quantitative estimate of drug-likeness (QED) is 0.470. The summed E-state index contributed by atoms with van der Waals surface area (Å²) in [5.74, 6) is -0.394. The van der Waals surface area contributed by atoms with Crippen LogP contribution in [0.2, 0.25) is 0 Å². The Kier molecular flexibility index (Phi) is 5.91.